The quantitative estimate of drug-likeness (QED) is 0.716. The maximum Gasteiger partial charge on any atom is 0.310 e. The highest BCUT2D eigenvalue weighted by Crippen LogP contribution is 3.02. The smallest absolute Gasteiger partial charge is 0.310 e. The van der Waals surface area contributed by atoms with Gasteiger partial charge in [-0.15, -0.1) is 0 Å². The van der Waals surface area contributed by atoms with E-state index in [2.05, 4.69) is 15.4 Å². The van der Waals surface area contributed by atoms with Crippen LogP contribution < -0.4 is 16.8 Å². The van der Waals surface area contributed by atoms with Crippen LogP contribution in [-0.2, 0) is 6.54 Å². The van der Waals surface area contributed by atoms with Crippen LogP contribution in [0.5, 0.6) is 0 Å². The summed E-state index contributed by atoms with van der Waals surface area (Å²) in [6.45, 7) is 0.0168. The van der Waals surface area contributed by atoms with E-state index in [1.54, 1.807) is 0 Å². The highest BCUT2D eigenvalue weighted by molar-refractivity contribution is 8.45. The standard InChI is InChI=1S/C11H13F5N6S/c12-23(13,14,15,16)9-3-1-8(2-4-9)6-19-10(5-17)22-11(18)20-7-21-22/h1-5,7,19H,6,17H2,(H2,18,20,21)/b10-5-. The number of benzene rings is 1. The maximum atomic E-state index is 12.6. The molecule has 12 heteroatoms. The zero-order chi connectivity index (χ0) is 17.4. The number of hydrogen-bond donors (Lipinski definition) is 3. The summed E-state index contributed by atoms with van der Waals surface area (Å²) in [6, 6.07) is 2.57. The molecular weight excluding hydrogens is 343 g/mol. The average Bonchev–Trinajstić information content (AvgIpc) is 2.84. The van der Waals surface area contributed by atoms with Crippen LogP contribution in [0.25, 0.3) is 5.82 Å². The van der Waals surface area contributed by atoms with E-state index in [4.69, 9.17) is 11.5 Å². The Balaban J connectivity index is 2.13. The molecule has 0 radical (unpaired) electrons. The number of nitrogen functional groups attached to an aromatic ring is 1. The minimum atomic E-state index is -9.65. The highest BCUT2D eigenvalue weighted by Gasteiger charge is 2.65. The van der Waals surface area contributed by atoms with Crippen molar-refractivity contribution in [1.29, 1.82) is 0 Å². The Labute approximate surface area is 127 Å². The van der Waals surface area contributed by atoms with Crippen molar-refractivity contribution >= 4 is 22.0 Å². The lowest BCUT2D eigenvalue weighted by molar-refractivity contribution is 0.364. The number of hydrogen-bond acceptors (Lipinski definition) is 5. The predicted octanol–water partition coefficient (Wildman–Crippen LogP) is 3.02. The van der Waals surface area contributed by atoms with E-state index in [9.17, 15) is 19.4 Å². The Morgan fingerprint density at radius 2 is 1.78 bits per heavy atom. The van der Waals surface area contributed by atoms with E-state index in [1.165, 1.54) is 11.0 Å². The zero-order valence-corrected chi connectivity index (χ0v) is 12.3. The summed E-state index contributed by atoms with van der Waals surface area (Å²) >= 11 is 0. The number of nitrogens with zero attached hydrogens (tertiary/aromatic N) is 3. The van der Waals surface area contributed by atoms with Gasteiger partial charge in [0.25, 0.3) is 0 Å². The first-order chi connectivity index (χ1) is 10.4. The summed E-state index contributed by atoms with van der Waals surface area (Å²) in [5, 5.41) is 6.55. The van der Waals surface area contributed by atoms with Gasteiger partial charge in [0, 0.05) is 12.7 Å². The van der Waals surface area contributed by atoms with Crippen molar-refractivity contribution in [2.75, 3.05) is 5.73 Å². The van der Waals surface area contributed by atoms with Crippen molar-refractivity contribution in [3.8, 4) is 0 Å². The minimum absolute atomic E-state index is 0.0168. The number of nitrogens with one attached hydrogen (secondary N) is 1. The van der Waals surface area contributed by atoms with Crippen LogP contribution in [0.15, 0.2) is 41.7 Å². The molecule has 0 saturated heterocycles. The Morgan fingerprint density at radius 1 is 1.17 bits per heavy atom. The second-order valence-electron chi connectivity index (χ2n) is 4.55. The van der Waals surface area contributed by atoms with E-state index in [0.29, 0.717) is 17.7 Å². The normalized spacial score (nSPS) is 15.8. The molecule has 1 aromatic carbocycles. The maximum absolute atomic E-state index is 12.6. The Hall–Kier alpha value is -2.50. The molecule has 0 aliphatic carbocycles. The first-order valence-electron chi connectivity index (χ1n) is 6.05. The van der Waals surface area contributed by atoms with Crippen molar-refractivity contribution in [3.63, 3.8) is 0 Å². The summed E-state index contributed by atoms with van der Waals surface area (Å²) in [6.07, 6.45) is 2.32. The van der Waals surface area contributed by atoms with Gasteiger partial charge in [0.2, 0.25) is 5.95 Å². The van der Waals surface area contributed by atoms with Gasteiger partial charge in [-0.05, 0) is 17.7 Å². The summed E-state index contributed by atoms with van der Waals surface area (Å²) in [4.78, 5) is 1.74. The molecular formula is C11H13F5N6S. The molecule has 1 heterocycles. The summed E-state index contributed by atoms with van der Waals surface area (Å²) in [5.41, 5.74) is 11.3. The number of rotatable bonds is 5. The number of nitrogens with two attached hydrogens (primary N) is 2. The molecule has 0 amide bonds. The molecule has 0 atom stereocenters. The van der Waals surface area contributed by atoms with Gasteiger partial charge in [-0.25, -0.2) is 0 Å². The fourth-order valence-electron chi connectivity index (χ4n) is 1.70. The fourth-order valence-corrected chi connectivity index (χ4v) is 2.35. The van der Waals surface area contributed by atoms with Crippen molar-refractivity contribution < 1.29 is 19.4 Å². The topological polar surface area (TPSA) is 94.8 Å². The van der Waals surface area contributed by atoms with Gasteiger partial charge in [-0.1, -0.05) is 31.6 Å². The lowest BCUT2D eigenvalue weighted by Crippen LogP contribution is -2.20. The third kappa shape index (κ3) is 4.03. The monoisotopic (exact) mass is 356 g/mol. The molecule has 0 aliphatic heterocycles. The first-order valence-corrected chi connectivity index (χ1v) is 8.00. The summed E-state index contributed by atoms with van der Waals surface area (Å²) < 4.78 is 64.2. The van der Waals surface area contributed by atoms with Crippen LogP contribution >= 0.6 is 10.2 Å². The van der Waals surface area contributed by atoms with Crippen LogP contribution in [0.2, 0.25) is 0 Å². The second-order valence-corrected chi connectivity index (χ2v) is 6.96. The van der Waals surface area contributed by atoms with E-state index in [0.717, 1.165) is 18.3 Å². The van der Waals surface area contributed by atoms with Gasteiger partial charge in [0.15, 0.2) is 0 Å². The van der Waals surface area contributed by atoms with Crippen LogP contribution in [0.3, 0.4) is 0 Å². The van der Waals surface area contributed by atoms with Crippen LogP contribution in [-0.4, -0.2) is 14.8 Å². The van der Waals surface area contributed by atoms with Crippen molar-refractivity contribution in [2.45, 2.75) is 11.4 Å². The zero-order valence-electron chi connectivity index (χ0n) is 11.5. The highest BCUT2D eigenvalue weighted by atomic mass is 32.5. The van der Waals surface area contributed by atoms with Crippen LogP contribution in [0.4, 0.5) is 25.4 Å². The predicted molar refractivity (Wildman–Crippen MR) is 77.6 cm³/mol. The molecule has 2 rings (SSSR count). The van der Waals surface area contributed by atoms with Gasteiger partial charge < -0.3 is 16.8 Å². The SMILES string of the molecule is N/C=C(/NCc1ccc(S(F)(F)(F)(F)F)cc1)n1ncnc1N. The van der Waals surface area contributed by atoms with Gasteiger partial charge in [0.05, 0.1) is 0 Å². The molecule has 0 spiro atoms. The molecule has 0 saturated carbocycles. The lowest BCUT2D eigenvalue weighted by Gasteiger charge is -2.40. The van der Waals surface area contributed by atoms with Gasteiger partial charge in [-0.2, -0.15) is 14.8 Å². The fraction of sp³-hybridized carbons (Fsp3) is 0.0909. The van der Waals surface area contributed by atoms with E-state index < -0.39 is 15.1 Å². The number of aromatic nitrogens is 3. The number of anilines is 1. The van der Waals surface area contributed by atoms with Crippen molar-refractivity contribution in [3.05, 3.63) is 42.4 Å². The third-order valence-corrected chi connectivity index (χ3v) is 3.97. The van der Waals surface area contributed by atoms with E-state index in [1.807, 2.05) is 0 Å². The van der Waals surface area contributed by atoms with Gasteiger partial charge in [0.1, 0.15) is 17.0 Å². The molecule has 0 bridgehead atoms. The first kappa shape index (κ1) is 16.9. The largest absolute Gasteiger partial charge is 0.402 e. The molecule has 0 aliphatic rings. The molecule has 0 fully saturated rings. The molecule has 5 N–H and O–H groups in total. The Bertz CT molecular complexity index is 737. The summed E-state index contributed by atoms with van der Waals surface area (Å²) in [5.74, 6) is 0.280. The Kier molecular flexibility index (Phi) is 3.48. The third-order valence-electron chi connectivity index (χ3n) is 2.80. The molecule has 1 aromatic heterocycles. The average molecular weight is 356 g/mol. The Morgan fingerprint density at radius 3 is 2.22 bits per heavy atom. The molecule has 6 nitrogen and oxygen atoms in total. The second kappa shape index (κ2) is 4.75. The molecule has 128 valence electrons. The van der Waals surface area contributed by atoms with Crippen molar-refractivity contribution in [2.24, 2.45) is 5.73 Å². The van der Waals surface area contributed by atoms with E-state index in [-0.39, 0.29) is 18.3 Å². The minimum Gasteiger partial charge on any atom is -0.402 e. The van der Waals surface area contributed by atoms with Crippen LogP contribution in [0.1, 0.15) is 5.56 Å². The van der Waals surface area contributed by atoms with Crippen LogP contribution in [0, 0.1) is 0 Å². The molecule has 2 aromatic rings. The van der Waals surface area contributed by atoms with Crippen molar-refractivity contribution in [1.82, 2.24) is 20.1 Å². The molecule has 23 heavy (non-hydrogen) atoms. The van der Waals surface area contributed by atoms with Gasteiger partial charge in [-0.3, -0.25) is 0 Å². The van der Waals surface area contributed by atoms with E-state index >= 15 is 0 Å². The molecule has 0 unspecified atom stereocenters. The lowest BCUT2D eigenvalue weighted by atomic mass is 10.2. The number of halogens is 5. The van der Waals surface area contributed by atoms with Gasteiger partial charge >= 0.3 is 10.2 Å². The summed E-state index contributed by atoms with van der Waals surface area (Å²) in [7, 11) is -9.65.